The van der Waals surface area contributed by atoms with Gasteiger partial charge in [-0.05, 0) is 41.1 Å². The normalized spacial score (nSPS) is 10.0. The molecule has 3 N–H and O–H groups in total. The summed E-state index contributed by atoms with van der Waals surface area (Å²) in [7, 11) is 0. The summed E-state index contributed by atoms with van der Waals surface area (Å²) in [5, 5.41) is 3.85. The molecule has 0 spiro atoms. The molecule has 23 heavy (non-hydrogen) atoms. The topological polar surface area (TPSA) is 80.9 Å². The highest BCUT2D eigenvalue weighted by atomic mass is 79.9. The smallest absolute Gasteiger partial charge is 0.204 e. The summed E-state index contributed by atoms with van der Waals surface area (Å²) in [6, 6.07) is 7.44. The van der Waals surface area contributed by atoms with E-state index >= 15 is 0 Å². The zero-order chi connectivity index (χ0) is 16.8. The third-order valence-electron chi connectivity index (χ3n) is 2.83. The molecule has 0 unspecified atom stereocenters. The molecule has 0 fully saturated rings. The zero-order valence-electron chi connectivity index (χ0n) is 12.2. The van der Waals surface area contributed by atoms with Crippen LogP contribution in [0.4, 0.5) is 9.52 Å². The van der Waals surface area contributed by atoms with Crippen LogP contribution in [-0.2, 0) is 4.79 Å². The van der Waals surface area contributed by atoms with Crippen LogP contribution in [-0.4, -0.2) is 22.9 Å². The van der Waals surface area contributed by atoms with E-state index in [-0.39, 0.29) is 12.2 Å². The van der Waals surface area contributed by atoms with Gasteiger partial charge in [0.25, 0.3) is 0 Å². The number of carbonyl (C=O) groups excluding carboxylic acids is 1. The number of rotatable bonds is 3. The predicted molar refractivity (Wildman–Crippen MR) is 94.9 cm³/mol. The van der Waals surface area contributed by atoms with E-state index in [0.29, 0.717) is 9.99 Å². The minimum Gasteiger partial charge on any atom is -0.372 e. The highest BCUT2D eigenvalue weighted by Gasteiger charge is 2.17. The van der Waals surface area contributed by atoms with Crippen LogP contribution in [0.5, 0.6) is 0 Å². The number of thiazole rings is 1. The molecule has 0 radical (unpaired) electrons. The Bertz CT molecular complexity index is 810. The lowest BCUT2D eigenvalue weighted by Gasteiger charge is -2.04. The minimum absolute atomic E-state index is 0.250. The average molecular weight is 397 g/mol. The number of pyridine rings is 1. The summed E-state index contributed by atoms with van der Waals surface area (Å²) in [6.07, 6.45) is 1.98. The van der Waals surface area contributed by atoms with Crippen molar-refractivity contribution in [2.24, 2.45) is 5.73 Å². The maximum absolute atomic E-state index is 14.2. The molecule has 3 aromatic rings. The highest BCUT2D eigenvalue weighted by molar-refractivity contribution is 9.10. The molecule has 0 aliphatic rings. The number of nitrogens with zero attached hydrogens (tertiary/aromatic N) is 2. The average Bonchev–Trinajstić information content (AvgIpc) is 2.97. The van der Waals surface area contributed by atoms with Crippen LogP contribution in [0.3, 0.4) is 0 Å². The van der Waals surface area contributed by atoms with Gasteiger partial charge in [0.15, 0.2) is 10.9 Å². The molecule has 1 aromatic carbocycles. The first-order valence-electron chi connectivity index (χ1n) is 6.71. The first kappa shape index (κ1) is 17.3. The number of hydrogen-bond acceptors (Lipinski definition) is 5. The molecule has 8 heteroatoms. The van der Waals surface area contributed by atoms with E-state index in [1.165, 1.54) is 11.3 Å². The van der Waals surface area contributed by atoms with Crippen molar-refractivity contribution >= 4 is 49.0 Å². The van der Waals surface area contributed by atoms with E-state index in [2.05, 4.69) is 36.9 Å². The SMILES string of the molecule is CCNc1nc2c(F)c(Br)cc(-c3ccccn3)c2s1.NC=O. The summed E-state index contributed by atoms with van der Waals surface area (Å²) < 4.78 is 15.4. The fourth-order valence-electron chi connectivity index (χ4n) is 1.96. The Morgan fingerprint density at radius 2 is 2.22 bits per heavy atom. The fraction of sp³-hybridized carbons (Fsp3) is 0.133. The van der Waals surface area contributed by atoms with Crippen molar-refractivity contribution in [3.63, 3.8) is 0 Å². The number of hydrogen-bond donors (Lipinski definition) is 2. The number of nitrogens with two attached hydrogens (primary N) is 1. The van der Waals surface area contributed by atoms with Crippen LogP contribution < -0.4 is 11.1 Å². The molecule has 0 atom stereocenters. The Kier molecular flexibility index (Phi) is 6.00. The standard InChI is InChI=1S/C14H11BrFN3S.CH3NO/c1-2-17-14-19-12-11(16)9(15)7-8(13(12)20-14)10-5-3-4-6-18-10;2-1-3/h3-7H,2H2,1H3,(H,17,19);1H,(H2,2,3). The molecule has 0 aliphatic heterocycles. The molecule has 2 heterocycles. The van der Waals surface area contributed by atoms with Gasteiger partial charge in [-0.2, -0.15) is 0 Å². The van der Waals surface area contributed by atoms with Crippen LogP contribution in [0.25, 0.3) is 21.5 Å². The second-order valence-corrected chi connectivity index (χ2v) is 6.15. The van der Waals surface area contributed by atoms with Gasteiger partial charge in [-0.3, -0.25) is 9.78 Å². The predicted octanol–water partition coefficient (Wildman–Crippen LogP) is 3.79. The van der Waals surface area contributed by atoms with Crippen molar-refractivity contribution < 1.29 is 9.18 Å². The van der Waals surface area contributed by atoms with Crippen LogP contribution >= 0.6 is 27.3 Å². The number of anilines is 1. The third kappa shape index (κ3) is 3.83. The van der Waals surface area contributed by atoms with Crippen molar-refractivity contribution in [3.05, 3.63) is 40.8 Å². The van der Waals surface area contributed by atoms with Gasteiger partial charge in [-0.15, -0.1) is 0 Å². The van der Waals surface area contributed by atoms with E-state index in [9.17, 15) is 4.39 Å². The van der Waals surface area contributed by atoms with E-state index in [0.717, 1.165) is 27.6 Å². The lowest BCUT2D eigenvalue weighted by Crippen LogP contribution is -1.94. The number of amides is 1. The van der Waals surface area contributed by atoms with Gasteiger partial charge < -0.3 is 11.1 Å². The van der Waals surface area contributed by atoms with Gasteiger partial charge in [0.05, 0.1) is 14.9 Å². The zero-order valence-corrected chi connectivity index (χ0v) is 14.6. The van der Waals surface area contributed by atoms with Crippen LogP contribution in [0.15, 0.2) is 34.9 Å². The summed E-state index contributed by atoms with van der Waals surface area (Å²) in [5.41, 5.74) is 6.24. The molecule has 0 bridgehead atoms. The van der Waals surface area contributed by atoms with Gasteiger partial charge in [0, 0.05) is 18.3 Å². The molecule has 0 saturated heterocycles. The molecule has 5 nitrogen and oxygen atoms in total. The molecule has 0 saturated carbocycles. The second-order valence-electron chi connectivity index (χ2n) is 4.30. The van der Waals surface area contributed by atoms with Gasteiger partial charge >= 0.3 is 0 Å². The number of fused-ring (bicyclic) bond motifs is 1. The van der Waals surface area contributed by atoms with Crippen molar-refractivity contribution in [1.82, 2.24) is 9.97 Å². The van der Waals surface area contributed by atoms with E-state index in [1.807, 2.05) is 25.1 Å². The fourth-order valence-corrected chi connectivity index (χ4v) is 3.43. The Morgan fingerprint density at radius 1 is 1.48 bits per heavy atom. The largest absolute Gasteiger partial charge is 0.372 e. The van der Waals surface area contributed by atoms with Crippen molar-refractivity contribution in [1.29, 1.82) is 0 Å². The van der Waals surface area contributed by atoms with Gasteiger partial charge in [-0.1, -0.05) is 17.4 Å². The molecular formula is C15H14BrFN4OS. The van der Waals surface area contributed by atoms with Gasteiger partial charge in [0.1, 0.15) is 5.52 Å². The Morgan fingerprint density at radius 3 is 2.83 bits per heavy atom. The quantitative estimate of drug-likeness (QED) is 0.659. The lowest BCUT2D eigenvalue weighted by molar-refractivity contribution is -0.106. The minimum atomic E-state index is -0.333. The van der Waals surface area contributed by atoms with Crippen molar-refractivity contribution in [2.45, 2.75) is 6.92 Å². The summed E-state index contributed by atoms with van der Waals surface area (Å²) in [6.45, 7) is 2.74. The first-order chi connectivity index (χ1) is 11.1. The number of primary amides is 1. The van der Waals surface area contributed by atoms with Gasteiger partial charge in [0.2, 0.25) is 6.41 Å². The third-order valence-corrected chi connectivity index (χ3v) is 4.45. The maximum atomic E-state index is 14.2. The number of carbonyl (C=O) groups is 1. The monoisotopic (exact) mass is 396 g/mol. The van der Waals surface area contributed by atoms with Crippen LogP contribution in [0, 0.1) is 5.82 Å². The molecular weight excluding hydrogens is 383 g/mol. The molecule has 2 aromatic heterocycles. The van der Waals surface area contributed by atoms with Crippen molar-refractivity contribution in [2.75, 3.05) is 11.9 Å². The lowest BCUT2D eigenvalue weighted by atomic mass is 10.1. The number of nitrogens with one attached hydrogen (secondary N) is 1. The molecule has 0 aliphatic carbocycles. The van der Waals surface area contributed by atoms with E-state index in [1.54, 1.807) is 12.3 Å². The molecule has 120 valence electrons. The highest BCUT2D eigenvalue weighted by Crippen LogP contribution is 2.38. The molecule has 1 amide bonds. The van der Waals surface area contributed by atoms with Crippen LogP contribution in [0.1, 0.15) is 6.92 Å². The maximum Gasteiger partial charge on any atom is 0.204 e. The van der Waals surface area contributed by atoms with Gasteiger partial charge in [-0.25, -0.2) is 9.37 Å². The van der Waals surface area contributed by atoms with Crippen LogP contribution in [0.2, 0.25) is 0 Å². The number of aromatic nitrogens is 2. The summed E-state index contributed by atoms with van der Waals surface area (Å²) in [5.74, 6) is -0.333. The van der Waals surface area contributed by atoms with E-state index in [4.69, 9.17) is 4.79 Å². The number of halogens is 2. The Hall–Kier alpha value is -2.06. The summed E-state index contributed by atoms with van der Waals surface area (Å²) in [4.78, 5) is 17.2. The summed E-state index contributed by atoms with van der Waals surface area (Å²) >= 11 is 4.70. The molecule has 3 rings (SSSR count). The second kappa shape index (κ2) is 7.98. The first-order valence-corrected chi connectivity index (χ1v) is 8.32. The Labute approximate surface area is 144 Å². The Balaban J connectivity index is 0.000000595. The van der Waals surface area contributed by atoms with Crippen molar-refractivity contribution in [3.8, 4) is 11.3 Å². The number of benzene rings is 1. The van der Waals surface area contributed by atoms with E-state index < -0.39 is 0 Å².